The van der Waals surface area contributed by atoms with E-state index in [0.29, 0.717) is 12.2 Å². The summed E-state index contributed by atoms with van der Waals surface area (Å²) in [6.07, 6.45) is 2.26. The van der Waals surface area contributed by atoms with E-state index < -0.39 is 0 Å². The Morgan fingerprint density at radius 1 is 1.50 bits per heavy atom. The fraction of sp³-hybridized carbons (Fsp3) is 0.417. The number of aromatic hydroxyl groups is 1. The molecule has 0 aliphatic heterocycles. The maximum atomic E-state index is 10.2. The first kappa shape index (κ1) is 10.8. The van der Waals surface area contributed by atoms with E-state index in [1.165, 1.54) is 0 Å². The van der Waals surface area contributed by atoms with Gasteiger partial charge in [0.1, 0.15) is 12.0 Å². The number of phenolic OH excluding ortho intramolecular Hbond substituents is 1. The zero-order valence-electron chi connectivity index (χ0n) is 8.66. The Hall–Kier alpha value is -1.31. The van der Waals surface area contributed by atoms with Crippen LogP contribution >= 0.6 is 0 Å². The highest BCUT2D eigenvalue weighted by atomic mass is 16.3. The number of carbonyl (C=O) groups excluding carboxylic acids is 1. The maximum Gasteiger partial charge on any atom is 0.120 e. The molecule has 1 atom stereocenters. The summed E-state index contributed by atoms with van der Waals surface area (Å²) in [5, 5.41) is 9.62. The Bertz CT molecular complexity index is 318. The second-order valence-corrected chi connectivity index (χ2v) is 3.71. The summed E-state index contributed by atoms with van der Waals surface area (Å²) in [5.74, 6) is 0.564. The number of hydrogen-bond acceptors (Lipinski definition) is 2. The highest BCUT2D eigenvalue weighted by Crippen LogP contribution is 2.29. The zero-order chi connectivity index (χ0) is 10.6. The number of benzene rings is 1. The van der Waals surface area contributed by atoms with Crippen LogP contribution in [0.4, 0.5) is 0 Å². The van der Waals surface area contributed by atoms with E-state index in [2.05, 4.69) is 0 Å². The van der Waals surface area contributed by atoms with Crippen LogP contribution in [0, 0.1) is 6.92 Å². The molecular weight excluding hydrogens is 176 g/mol. The van der Waals surface area contributed by atoms with Gasteiger partial charge >= 0.3 is 0 Å². The molecule has 0 saturated heterocycles. The summed E-state index contributed by atoms with van der Waals surface area (Å²) < 4.78 is 0. The summed E-state index contributed by atoms with van der Waals surface area (Å²) in [5.41, 5.74) is 2.07. The lowest BCUT2D eigenvalue weighted by atomic mass is 9.94. The standard InChI is InChI=1S/C12H16O2/c1-9-5-6-12(14)11(8-9)10(2)4-3-7-13/h5-8,10,14H,3-4H2,1-2H3. The largest absolute Gasteiger partial charge is 0.508 e. The Morgan fingerprint density at radius 3 is 2.86 bits per heavy atom. The number of rotatable bonds is 4. The van der Waals surface area contributed by atoms with E-state index in [4.69, 9.17) is 0 Å². The van der Waals surface area contributed by atoms with Crippen molar-refractivity contribution in [2.75, 3.05) is 0 Å². The average molecular weight is 192 g/mol. The van der Waals surface area contributed by atoms with Crippen LogP contribution < -0.4 is 0 Å². The van der Waals surface area contributed by atoms with E-state index in [1.807, 2.05) is 26.0 Å². The predicted octanol–water partition coefficient (Wildman–Crippen LogP) is 2.78. The quantitative estimate of drug-likeness (QED) is 0.745. The SMILES string of the molecule is Cc1ccc(O)c(C(C)CCC=O)c1. The minimum atomic E-state index is 0.236. The minimum absolute atomic E-state index is 0.236. The molecule has 0 spiro atoms. The third kappa shape index (κ3) is 2.59. The maximum absolute atomic E-state index is 10.2. The lowest BCUT2D eigenvalue weighted by Gasteiger charge is -2.12. The lowest BCUT2D eigenvalue weighted by Crippen LogP contribution is -1.95. The molecule has 1 rings (SSSR count). The first-order valence-corrected chi connectivity index (χ1v) is 4.88. The molecule has 1 N–H and O–H groups in total. The van der Waals surface area contributed by atoms with Crippen LogP contribution in [-0.2, 0) is 4.79 Å². The highest BCUT2D eigenvalue weighted by Gasteiger charge is 2.09. The van der Waals surface area contributed by atoms with E-state index in [-0.39, 0.29) is 5.92 Å². The first-order valence-electron chi connectivity index (χ1n) is 4.88. The van der Waals surface area contributed by atoms with Crippen LogP contribution in [0.3, 0.4) is 0 Å². The topological polar surface area (TPSA) is 37.3 Å². The molecule has 0 radical (unpaired) electrons. The van der Waals surface area contributed by atoms with Crippen molar-refractivity contribution < 1.29 is 9.90 Å². The summed E-state index contributed by atoms with van der Waals surface area (Å²) in [6, 6.07) is 5.57. The smallest absolute Gasteiger partial charge is 0.120 e. The minimum Gasteiger partial charge on any atom is -0.508 e. The Balaban J connectivity index is 2.82. The summed E-state index contributed by atoms with van der Waals surface area (Å²) in [7, 11) is 0. The van der Waals surface area contributed by atoms with Crippen molar-refractivity contribution in [3.05, 3.63) is 29.3 Å². The molecular formula is C12H16O2. The van der Waals surface area contributed by atoms with Crippen LogP contribution in [-0.4, -0.2) is 11.4 Å². The average Bonchev–Trinajstić information content (AvgIpc) is 2.18. The van der Waals surface area contributed by atoms with Gasteiger partial charge in [-0.25, -0.2) is 0 Å². The van der Waals surface area contributed by atoms with Gasteiger partial charge in [-0.05, 0) is 30.9 Å². The van der Waals surface area contributed by atoms with Gasteiger partial charge in [-0.3, -0.25) is 0 Å². The second-order valence-electron chi connectivity index (χ2n) is 3.71. The fourth-order valence-corrected chi connectivity index (χ4v) is 1.54. The number of carbonyl (C=O) groups is 1. The zero-order valence-corrected chi connectivity index (χ0v) is 8.66. The molecule has 0 aliphatic rings. The van der Waals surface area contributed by atoms with E-state index in [9.17, 15) is 9.90 Å². The highest BCUT2D eigenvalue weighted by molar-refractivity contribution is 5.49. The molecule has 1 unspecified atom stereocenters. The van der Waals surface area contributed by atoms with Gasteiger partial charge in [-0.15, -0.1) is 0 Å². The fourth-order valence-electron chi connectivity index (χ4n) is 1.54. The molecule has 0 bridgehead atoms. The van der Waals surface area contributed by atoms with Crippen molar-refractivity contribution in [1.82, 2.24) is 0 Å². The van der Waals surface area contributed by atoms with Gasteiger partial charge in [-0.2, -0.15) is 0 Å². The third-order valence-corrected chi connectivity index (χ3v) is 2.43. The van der Waals surface area contributed by atoms with Gasteiger partial charge in [0.2, 0.25) is 0 Å². The second kappa shape index (κ2) is 4.80. The van der Waals surface area contributed by atoms with Gasteiger partial charge in [-0.1, -0.05) is 24.6 Å². The van der Waals surface area contributed by atoms with Crippen LogP contribution in [0.5, 0.6) is 5.75 Å². The summed E-state index contributed by atoms with van der Waals surface area (Å²) in [6.45, 7) is 4.02. The van der Waals surface area contributed by atoms with Crippen molar-refractivity contribution in [1.29, 1.82) is 0 Å². The molecule has 1 aromatic carbocycles. The monoisotopic (exact) mass is 192 g/mol. The third-order valence-electron chi connectivity index (χ3n) is 2.43. The summed E-state index contributed by atoms with van der Waals surface area (Å²) in [4.78, 5) is 10.2. The van der Waals surface area contributed by atoms with E-state index in [0.717, 1.165) is 23.8 Å². The van der Waals surface area contributed by atoms with Gasteiger partial charge < -0.3 is 9.90 Å². The number of aryl methyl sites for hydroxylation is 1. The molecule has 0 amide bonds. The number of phenols is 1. The van der Waals surface area contributed by atoms with Crippen LogP contribution in [0.1, 0.15) is 36.8 Å². The molecule has 76 valence electrons. The lowest BCUT2D eigenvalue weighted by molar-refractivity contribution is -0.108. The Labute approximate surface area is 84.6 Å². The van der Waals surface area contributed by atoms with Crippen LogP contribution in [0.2, 0.25) is 0 Å². The van der Waals surface area contributed by atoms with Crippen LogP contribution in [0.15, 0.2) is 18.2 Å². The number of hydrogen-bond donors (Lipinski definition) is 1. The molecule has 2 nitrogen and oxygen atoms in total. The van der Waals surface area contributed by atoms with Crippen molar-refractivity contribution in [3.8, 4) is 5.75 Å². The predicted molar refractivity (Wildman–Crippen MR) is 56.6 cm³/mol. The molecule has 0 saturated carbocycles. The summed E-state index contributed by atoms with van der Waals surface area (Å²) >= 11 is 0. The van der Waals surface area contributed by atoms with Gasteiger partial charge in [0.05, 0.1) is 0 Å². The van der Waals surface area contributed by atoms with Crippen molar-refractivity contribution in [2.45, 2.75) is 32.6 Å². The van der Waals surface area contributed by atoms with E-state index in [1.54, 1.807) is 6.07 Å². The molecule has 14 heavy (non-hydrogen) atoms. The molecule has 0 aromatic heterocycles. The number of aldehydes is 1. The molecule has 2 heteroatoms. The molecule has 0 heterocycles. The normalized spacial score (nSPS) is 12.4. The van der Waals surface area contributed by atoms with Crippen LogP contribution in [0.25, 0.3) is 0 Å². The van der Waals surface area contributed by atoms with Gasteiger partial charge in [0, 0.05) is 6.42 Å². The molecule has 1 aromatic rings. The molecule has 0 aliphatic carbocycles. The van der Waals surface area contributed by atoms with E-state index >= 15 is 0 Å². The first-order chi connectivity index (χ1) is 6.65. The van der Waals surface area contributed by atoms with Crippen molar-refractivity contribution in [3.63, 3.8) is 0 Å². The van der Waals surface area contributed by atoms with Gasteiger partial charge in [0.25, 0.3) is 0 Å². The Kier molecular flexibility index (Phi) is 3.69. The Morgan fingerprint density at radius 2 is 2.21 bits per heavy atom. The molecule has 0 fully saturated rings. The van der Waals surface area contributed by atoms with Crippen molar-refractivity contribution in [2.24, 2.45) is 0 Å². The van der Waals surface area contributed by atoms with Gasteiger partial charge in [0.15, 0.2) is 0 Å². The van der Waals surface area contributed by atoms with Crippen molar-refractivity contribution >= 4 is 6.29 Å².